The molecule has 2 aromatic carbocycles. The molecule has 0 saturated heterocycles. The molecule has 0 spiro atoms. The lowest BCUT2D eigenvalue weighted by Gasteiger charge is -2.09. The van der Waals surface area contributed by atoms with E-state index in [4.69, 9.17) is 0 Å². The first-order valence-electron chi connectivity index (χ1n) is 6.50. The van der Waals surface area contributed by atoms with E-state index in [-0.39, 0.29) is 5.75 Å². The van der Waals surface area contributed by atoms with E-state index in [1.54, 1.807) is 0 Å². The lowest BCUT2D eigenvalue weighted by atomic mass is 10.1. The van der Waals surface area contributed by atoms with Crippen LogP contribution in [0, 0.1) is 6.92 Å². The summed E-state index contributed by atoms with van der Waals surface area (Å²) in [6, 6.07) is 12.3. The third-order valence-corrected chi connectivity index (χ3v) is 4.45. The van der Waals surface area contributed by atoms with Gasteiger partial charge >= 0.3 is 0 Å². The van der Waals surface area contributed by atoms with Crippen molar-refractivity contribution in [3.05, 3.63) is 62.0 Å². The predicted octanol–water partition coefficient (Wildman–Crippen LogP) is 4.56. The zero-order valence-corrected chi connectivity index (χ0v) is 14.5. The summed E-state index contributed by atoms with van der Waals surface area (Å²) in [5.74, 6) is 0.244. The molecule has 0 fully saturated rings. The van der Waals surface area contributed by atoms with Gasteiger partial charge in [-0.2, -0.15) is 0 Å². The van der Waals surface area contributed by atoms with Crippen molar-refractivity contribution < 1.29 is 5.11 Å². The molecule has 106 valence electrons. The van der Waals surface area contributed by atoms with Crippen LogP contribution in [0.1, 0.15) is 16.7 Å². The molecule has 0 atom stereocenters. The largest absolute Gasteiger partial charge is 0.506 e. The molecular weight excluding hydrogens is 382 g/mol. The predicted molar refractivity (Wildman–Crippen MR) is 90.1 cm³/mol. The van der Waals surface area contributed by atoms with Gasteiger partial charge < -0.3 is 10.4 Å². The molecule has 0 aliphatic carbocycles. The van der Waals surface area contributed by atoms with Crippen LogP contribution in [0.3, 0.4) is 0 Å². The molecule has 4 heteroatoms. The van der Waals surface area contributed by atoms with Crippen LogP contribution in [0.4, 0.5) is 0 Å². The Hall–Kier alpha value is -0.840. The third kappa shape index (κ3) is 4.08. The maximum Gasteiger partial charge on any atom is 0.143 e. The topological polar surface area (TPSA) is 32.3 Å². The lowest BCUT2D eigenvalue weighted by Crippen LogP contribution is -2.17. The highest BCUT2D eigenvalue weighted by Gasteiger charge is 2.05. The molecule has 0 radical (unpaired) electrons. The molecular formula is C16H17Br2NO. The summed E-state index contributed by atoms with van der Waals surface area (Å²) < 4.78 is 1.42. The fraction of sp³-hybridized carbons (Fsp3) is 0.250. The fourth-order valence-electron chi connectivity index (χ4n) is 2.07. The van der Waals surface area contributed by atoms with Crippen molar-refractivity contribution in [2.75, 3.05) is 6.54 Å². The van der Waals surface area contributed by atoms with Gasteiger partial charge in [0.05, 0.1) is 8.95 Å². The molecule has 0 amide bonds. The van der Waals surface area contributed by atoms with E-state index < -0.39 is 0 Å². The maximum atomic E-state index is 9.67. The second-order valence-corrected chi connectivity index (χ2v) is 6.47. The molecule has 0 aliphatic rings. The van der Waals surface area contributed by atoms with E-state index in [0.29, 0.717) is 8.95 Å². The van der Waals surface area contributed by atoms with Crippen LogP contribution in [0.2, 0.25) is 0 Å². The van der Waals surface area contributed by atoms with E-state index in [9.17, 15) is 5.11 Å². The number of nitrogens with one attached hydrogen (secondary N) is 1. The van der Waals surface area contributed by atoms with Crippen LogP contribution in [-0.4, -0.2) is 11.7 Å². The summed E-state index contributed by atoms with van der Waals surface area (Å²) in [6.07, 6.45) is 1.02. The van der Waals surface area contributed by atoms with Gasteiger partial charge in [0.1, 0.15) is 5.75 Å². The van der Waals surface area contributed by atoms with Gasteiger partial charge in [-0.3, -0.25) is 0 Å². The van der Waals surface area contributed by atoms with Gasteiger partial charge in [-0.1, -0.05) is 24.3 Å². The van der Waals surface area contributed by atoms with E-state index in [2.05, 4.69) is 68.4 Å². The summed E-state index contributed by atoms with van der Waals surface area (Å²) in [5, 5.41) is 13.1. The monoisotopic (exact) mass is 397 g/mol. The summed E-state index contributed by atoms with van der Waals surface area (Å²) in [4.78, 5) is 0. The van der Waals surface area contributed by atoms with E-state index >= 15 is 0 Å². The minimum atomic E-state index is 0.244. The Bertz CT molecular complexity index is 576. The SMILES string of the molecule is Cc1ccccc1CCNCc1cc(Br)c(O)c(Br)c1. The molecule has 20 heavy (non-hydrogen) atoms. The van der Waals surface area contributed by atoms with Gasteiger partial charge in [0.25, 0.3) is 0 Å². The van der Waals surface area contributed by atoms with Gasteiger partial charge in [-0.25, -0.2) is 0 Å². The molecule has 0 aromatic heterocycles. The highest BCUT2D eigenvalue weighted by atomic mass is 79.9. The molecule has 2 rings (SSSR count). The van der Waals surface area contributed by atoms with Gasteiger partial charge in [0, 0.05) is 6.54 Å². The van der Waals surface area contributed by atoms with Crippen molar-refractivity contribution in [1.29, 1.82) is 0 Å². The Kier molecular flexibility index (Phi) is 5.64. The van der Waals surface area contributed by atoms with Gasteiger partial charge in [0.2, 0.25) is 0 Å². The van der Waals surface area contributed by atoms with Crippen LogP contribution < -0.4 is 5.32 Å². The smallest absolute Gasteiger partial charge is 0.143 e. The van der Waals surface area contributed by atoms with E-state index in [0.717, 1.165) is 25.1 Å². The maximum absolute atomic E-state index is 9.67. The average molecular weight is 399 g/mol. The fourth-order valence-corrected chi connectivity index (χ4v) is 3.35. The molecule has 0 heterocycles. The summed E-state index contributed by atoms with van der Waals surface area (Å²) in [5.41, 5.74) is 3.85. The van der Waals surface area contributed by atoms with Crippen LogP contribution in [-0.2, 0) is 13.0 Å². The average Bonchev–Trinajstić information content (AvgIpc) is 2.42. The van der Waals surface area contributed by atoms with Crippen molar-refractivity contribution in [3.63, 3.8) is 0 Å². The van der Waals surface area contributed by atoms with Gasteiger partial charge in [0.15, 0.2) is 0 Å². The number of phenolic OH excluding ortho intramolecular Hbond substituents is 1. The number of benzene rings is 2. The minimum Gasteiger partial charge on any atom is -0.506 e. The number of hydrogen-bond donors (Lipinski definition) is 2. The van der Waals surface area contributed by atoms with Crippen molar-refractivity contribution >= 4 is 31.9 Å². The normalized spacial score (nSPS) is 10.8. The van der Waals surface area contributed by atoms with Crippen molar-refractivity contribution in [3.8, 4) is 5.75 Å². The second kappa shape index (κ2) is 7.25. The molecule has 0 unspecified atom stereocenters. The van der Waals surface area contributed by atoms with Crippen LogP contribution in [0.15, 0.2) is 45.3 Å². The molecule has 0 saturated carbocycles. The minimum absolute atomic E-state index is 0.244. The Morgan fingerprint density at radius 3 is 2.40 bits per heavy atom. The Labute approximate surface area is 136 Å². The highest BCUT2D eigenvalue weighted by molar-refractivity contribution is 9.11. The molecule has 2 aromatic rings. The number of rotatable bonds is 5. The zero-order chi connectivity index (χ0) is 14.5. The number of aryl methyl sites for hydroxylation is 1. The lowest BCUT2D eigenvalue weighted by molar-refractivity contribution is 0.468. The first kappa shape index (κ1) is 15.5. The standard InChI is InChI=1S/C16H17Br2NO/c1-11-4-2-3-5-13(11)6-7-19-10-12-8-14(17)16(20)15(18)9-12/h2-5,8-9,19-20H,6-7,10H2,1H3. The van der Waals surface area contributed by atoms with E-state index in [1.807, 2.05) is 12.1 Å². The Morgan fingerprint density at radius 1 is 1.10 bits per heavy atom. The molecule has 2 N–H and O–H groups in total. The van der Waals surface area contributed by atoms with Crippen LogP contribution >= 0.6 is 31.9 Å². The van der Waals surface area contributed by atoms with E-state index in [1.165, 1.54) is 11.1 Å². The van der Waals surface area contributed by atoms with Crippen molar-refractivity contribution in [2.45, 2.75) is 19.9 Å². The number of aromatic hydroxyl groups is 1. The quantitative estimate of drug-likeness (QED) is 0.723. The first-order chi connectivity index (χ1) is 9.58. The molecule has 0 aliphatic heterocycles. The van der Waals surface area contributed by atoms with Gasteiger partial charge in [-0.05, 0) is 80.6 Å². The number of halogens is 2. The Morgan fingerprint density at radius 2 is 1.75 bits per heavy atom. The van der Waals surface area contributed by atoms with Crippen molar-refractivity contribution in [1.82, 2.24) is 5.32 Å². The van der Waals surface area contributed by atoms with Gasteiger partial charge in [-0.15, -0.1) is 0 Å². The molecule has 2 nitrogen and oxygen atoms in total. The zero-order valence-electron chi connectivity index (χ0n) is 11.3. The highest BCUT2D eigenvalue weighted by Crippen LogP contribution is 2.33. The van der Waals surface area contributed by atoms with Crippen molar-refractivity contribution in [2.24, 2.45) is 0 Å². The summed E-state index contributed by atoms with van der Waals surface area (Å²) in [6.45, 7) is 3.86. The summed E-state index contributed by atoms with van der Waals surface area (Å²) >= 11 is 6.69. The number of phenols is 1. The molecule has 0 bridgehead atoms. The van der Waals surface area contributed by atoms with Crippen LogP contribution in [0.5, 0.6) is 5.75 Å². The van der Waals surface area contributed by atoms with Crippen LogP contribution in [0.25, 0.3) is 0 Å². The Balaban J connectivity index is 1.86. The number of hydrogen-bond acceptors (Lipinski definition) is 2. The first-order valence-corrected chi connectivity index (χ1v) is 8.08. The summed E-state index contributed by atoms with van der Waals surface area (Å²) in [7, 11) is 0. The second-order valence-electron chi connectivity index (χ2n) is 4.76. The third-order valence-electron chi connectivity index (χ3n) is 3.24.